The molecule has 1 saturated heterocycles. The summed E-state index contributed by atoms with van der Waals surface area (Å²) in [6.45, 7) is 4.82. The highest BCUT2D eigenvalue weighted by Crippen LogP contribution is 1.93. The van der Waals surface area contributed by atoms with E-state index in [9.17, 15) is 14.4 Å². The van der Waals surface area contributed by atoms with E-state index in [1.807, 2.05) is 0 Å². The minimum Gasteiger partial charge on any atom is -0.480 e. The van der Waals surface area contributed by atoms with Crippen molar-refractivity contribution in [3.63, 3.8) is 0 Å². The van der Waals surface area contributed by atoms with E-state index in [0.29, 0.717) is 6.54 Å². The van der Waals surface area contributed by atoms with Gasteiger partial charge in [0, 0.05) is 32.7 Å². The number of nitrogens with zero attached hydrogens (tertiary/aromatic N) is 1. The summed E-state index contributed by atoms with van der Waals surface area (Å²) in [5.41, 5.74) is 0. The summed E-state index contributed by atoms with van der Waals surface area (Å²) < 4.78 is 0. The molecular formula is C12H23N5O4. The van der Waals surface area contributed by atoms with Crippen LogP contribution in [0.3, 0.4) is 0 Å². The highest BCUT2D eigenvalue weighted by atomic mass is 16.4. The fourth-order valence-corrected chi connectivity index (χ4v) is 1.90. The third-order valence-corrected chi connectivity index (χ3v) is 2.99. The molecule has 0 unspecified atom stereocenters. The molecule has 1 rings (SSSR count). The topological polar surface area (TPSA) is 123 Å². The van der Waals surface area contributed by atoms with Crippen molar-refractivity contribution in [2.75, 3.05) is 52.4 Å². The van der Waals surface area contributed by atoms with Gasteiger partial charge in [0.2, 0.25) is 5.91 Å². The van der Waals surface area contributed by atoms with Crippen LogP contribution < -0.4 is 21.3 Å². The van der Waals surface area contributed by atoms with Crippen molar-refractivity contribution in [1.29, 1.82) is 0 Å². The quantitative estimate of drug-likeness (QED) is 0.324. The maximum atomic E-state index is 11.4. The van der Waals surface area contributed by atoms with Crippen LogP contribution >= 0.6 is 0 Å². The number of hydrogen-bond donors (Lipinski definition) is 5. The molecule has 0 aromatic carbocycles. The van der Waals surface area contributed by atoms with Crippen molar-refractivity contribution >= 4 is 17.9 Å². The summed E-state index contributed by atoms with van der Waals surface area (Å²) in [4.78, 5) is 35.1. The molecular weight excluding hydrogens is 278 g/mol. The monoisotopic (exact) mass is 301 g/mol. The van der Waals surface area contributed by atoms with Crippen molar-refractivity contribution < 1.29 is 19.5 Å². The van der Waals surface area contributed by atoms with Crippen LogP contribution in [0.15, 0.2) is 0 Å². The van der Waals surface area contributed by atoms with E-state index in [4.69, 9.17) is 5.11 Å². The van der Waals surface area contributed by atoms with Gasteiger partial charge in [-0.15, -0.1) is 0 Å². The zero-order chi connectivity index (χ0) is 15.5. The van der Waals surface area contributed by atoms with Gasteiger partial charge in [-0.05, 0) is 13.0 Å². The summed E-state index contributed by atoms with van der Waals surface area (Å²) in [7, 11) is 0. The van der Waals surface area contributed by atoms with Crippen molar-refractivity contribution in [3.8, 4) is 0 Å². The van der Waals surface area contributed by atoms with E-state index in [1.54, 1.807) is 0 Å². The molecule has 0 spiro atoms. The molecule has 0 saturated carbocycles. The highest BCUT2D eigenvalue weighted by Gasteiger charge is 2.09. The van der Waals surface area contributed by atoms with Crippen LogP contribution in [-0.2, 0) is 9.59 Å². The number of carboxylic acids is 1. The van der Waals surface area contributed by atoms with E-state index >= 15 is 0 Å². The third kappa shape index (κ3) is 8.82. The van der Waals surface area contributed by atoms with E-state index in [0.717, 1.165) is 39.1 Å². The van der Waals surface area contributed by atoms with Crippen LogP contribution in [0.1, 0.15) is 6.42 Å². The van der Waals surface area contributed by atoms with Gasteiger partial charge in [-0.1, -0.05) is 0 Å². The first kappa shape index (κ1) is 17.2. The lowest BCUT2D eigenvalue weighted by atomic mass is 10.3. The lowest BCUT2D eigenvalue weighted by molar-refractivity contribution is -0.137. The Bertz CT molecular complexity index is 358. The third-order valence-electron chi connectivity index (χ3n) is 2.99. The molecule has 1 heterocycles. The Balaban J connectivity index is 1.98. The Morgan fingerprint density at radius 3 is 2.43 bits per heavy atom. The molecule has 21 heavy (non-hydrogen) atoms. The second-order valence-electron chi connectivity index (χ2n) is 4.73. The molecule has 0 radical (unpaired) electrons. The van der Waals surface area contributed by atoms with Crippen LogP contribution in [0.2, 0.25) is 0 Å². The molecule has 1 aliphatic rings. The van der Waals surface area contributed by atoms with Crippen LogP contribution in [-0.4, -0.2) is 80.3 Å². The van der Waals surface area contributed by atoms with Crippen LogP contribution in [0.25, 0.3) is 0 Å². The fourth-order valence-electron chi connectivity index (χ4n) is 1.90. The maximum absolute atomic E-state index is 11.4. The lowest BCUT2D eigenvalue weighted by Gasteiger charge is -2.27. The smallest absolute Gasteiger partial charge is 0.322 e. The van der Waals surface area contributed by atoms with Gasteiger partial charge in [0.15, 0.2) is 0 Å². The largest absolute Gasteiger partial charge is 0.480 e. The molecule has 9 nitrogen and oxygen atoms in total. The van der Waals surface area contributed by atoms with Gasteiger partial charge >= 0.3 is 12.0 Å². The number of urea groups is 1. The molecule has 0 aromatic heterocycles. The van der Waals surface area contributed by atoms with E-state index < -0.39 is 24.5 Å². The molecule has 0 aliphatic carbocycles. The predicted molar refractivity (Wildman–Crippen MR) is 76.0 cm³/mol. The molecule has 1 fully saturated rings. The summed E-state index contributed by atoms with van der Waals surface area (Å²) in [5, 5.41) is 18.8. The van der Waals surface area contributed by atoms with Crippen LogP contribution in [0, 0.1) is 0 Å². The maximum Gasteiger partial charge on any atom is 0.322 e. The standard InChI is InChI=1S/C12H23N5O4/c18-10(15-9-11(19)20)8-16-12(21)14-2-1-5-17-6-3-13-4-7-17/h13H,1-9H2,(H,15,18)(H,19,20)(H2,14,16,21). The van der Waals surface area contributed by atoms with Gasteiger partial charge in [-0.2, -0.15) is 0 Å². The summed E-state index contributed by atoms with van der Waals surface area (Å²) in [5.74, 6) is -1.66. The second kappa shape index (κ2) is 9.94. The lowest BCUT2D eigenvalue weighted by Crippen LogP contribution is -2.45. The number of carbonyl (C=O) groups is 3. The summed E-state index contributed by atoms with van der Waals surface area (Å²) >= 11 is 0. The number of amides is 3. The SMILES string of the molecule is O=C(O)CNC(=O)CNC(=O)NCCCN1CCNCC1. The van der Waals surface area contributed by atoms with Crippen LogP contribution in [0.4, 0.5) is 4.79 Å². The Morgan fingerprint density at radius 1 is 1.05 bits per heavy atom. The first-order valence-corrected chi connectivity index (χ1v) is 7.01. The molecule has 1 aliphatic heterocycles. The number of nitrogens with one attached hydrogen (secondary N) is 4. The first-order chi connectivity index (χ1) is 10.1. The van der Waals surface area contributed by atoms with Gasteiger partial charge in [0.05, 0.1) is 6.54 Å². The average Bonchev–Trinajstić information content (AvgIpc) is 2.48. The fraction of sp³-hybridized carbons (Fsp3) is 0.750. The Hall–Kier alpha value is -1.87. The highest BCUT2D eigenvalue weighted by molar-refractivity contribution is 5.86. The van der Waals surface area contributed by atoms with E-state index in [-0.39, 0.29) is 6.54 Å². The van der Waals surface area contributed by atoms with Gasteiger partial charge in [-0.25, -0.2) is 4.79 Å². The first-order valence-electron chi connectivity index (χ1n) is 7.01. The van der Waals surface area contributed by atoms with E-state index in [2.05, 4.69) is 26.2 Å². The Kier molecular flexibility index (Phi) is 8.14. The minimum absolute atomic E-state index is 0.239. The number of carboxylic acid groups (broad SMARTS) is 1. The normalized spacial score (nSPS) is 15.2. The minimum atomic E-state index is -1.12. The Morgan fingerprint density at radius 2 is 1.76 bits per heavy atom. The number of hydrogen-bond acceptors (Lipinski definition) is 5. The van der Waals surface area contributed by atoms with Gasteiger partial charge in [0.1, 0.15) is 6.54 Å². The Labute approximate surface area is 123 Å². The second-order valence-corrected chi connectivity index (χ2v) is 4.73. The van der Waals surface area contributed by atoms with Crippen molar-refractivity contribution in [3.05, 3.63) is 0 Å². The zero-order valence-corrected chi connectivity index (χ0v) is 12.0. The molecule has 0 bridgehead atoms. The van der Waals surface area contributed by atoms with Gasteiger partial charge < -0.3 is 31.3 Å². The molecule has 0 atom stereocenters. The van der Waals surface area contributed by atoms with E-state index in [1.165, 1.54) is 0 Å². The molecule has 3 amide bonds. The van der Waals surface area contributed by atoms with Crippen LogP contribution in [0.5, 0.6) is 0 Å². The summed E-state index contributed by atoms with van der Waals surface area (Å²) in [6.07, 6.45) is 0.846. The molecule has 120 valence electrons. The van der Waals surface area contributed by atoms with Crippen molar-refractivity contribution in [2.24, 2.45) is 0 Å². The number of rotatable bonds is 8. The van der Waals surface area contributed by atoms with Gasteiger partial charge in [0.25, 0.3) is 0 Å². The summed E-state index contributed by atoms with van der Waals surface area (Å²) in [6, 6.07) is -0.430. The van der Waals surface area contributed by atoms with Crippen molar-refractivity contribution in [2.45, 2.75) is 6.42 Å². The predicted octanol–water partition coefficient (Wildman–Crippen LogP) is -2.22. The molecule has 9 heteroatoms. The number of carbonyl (C=O) groups excluding carboxylic acids is 2. The van der Waals surface area contributed by atoms with Crippen molar-refractivity contribution in [1.82, 2.24) is 26.2 Å². The number of piperazine rings is 1. The molecule has 0 aromatic rings. The van der Waals surface area contributed by atoms with Gasteiger partial charge in [-0.3, -0.25) is 9.59 Å². The molecule has 5 N–H and O–H groups in total. The zero-order valence-electron chi connectivity index (χ0n) is 12.0. The average molecular weight is 301 g/mol. The number of aliphatic carboxylic acids is 1.